The van der Waals surface area contributed by atoms with Gasteiger partial charge in [-0.25, -0.2) is 9.78 Å². The molecule has 1 amide bonds. The highest BCUT2D eigenvalue weighted by atomic mass is 79.9. The van der Waals surface area contributed by atoms with Crippen LogP contribution in [0.4, 0.5) is 0 Å². The second kappa shape index (κ2) is 9.01. The topological polar surface area (TPSA) is 92.1 Å². The van der Waals surface area contributed by atoms with Crippen LogP contribution in [-0.2, 0) is 15.1 Å². The molecule has 1 saturated carbocycles. The maximum Gasteiger partial charge on any atom is 0.337 e. The van der Waals surface area contributed by atoms with E-state index in [4.69, 9.17) is 4.74 Å². The molecule has 0 saturated heterocycles. The van der Waals surface area contributed by atoms with Crippen molar-refractivity contribution in [2.45, 2.75) is 31.2 Å². The number of carbonyl (C=O) groups is 2. The summed E-state index contributed by atoms with van der Waals surface area (Å²) >= 11 is 3.28. The van der Waals surface area contributed by atoms with Crippen molar-refractivity contribution in [2.24, 2.45) is 0 Å². The molecule has 1 fully saturated rings. The average Bonchev–Trinajstić information content (AvgIpc) is 3.21. The Labute approximate surface area is 177 Å². The van der Waals surface area contributed by atoms with Crippen molar-refractivity contribution >= 4 is 33.9 Å². The second-order valence-electron chi connectivity index (χ2n) is 6.87. The van der Waals surface area contributed by atoms with Crippen molar-refractivity contribution in [2.75, 3.05) is 7.11 Å². The summed E-state index contributed by atoms with van der Waals surface area (Å²) in [5, 5.41) is 12.6. The Kier molecular flexibility index (Phi) is 6.45. The SMILES string of the molecule is COC(=O)c1cccc(C2(NC(=O)/C(C#N)=C/c3cccc(Br)n3)CCCC2)c1. The van der Waals surface area contributed by atoms with E-state index >= 15 is 0 Å². The fraction of sp³-hybridized carbons (Fsp3) is 0.273. The molecule has 1 aliphatic carbocycles. The molecule has 29 heavy (non-hydrogen) atoms. The van der Waals surface area contributed by atoms with Crippen molar-refractivity contribution in [1.29, 1.82) is 5.26 Å². The van der Waals surface area contributed by atoms with Crippen LogP contribution in [0.3, 0.4) is 0 Å². The van der Waals surface area contributed by atoms with Crippen LogP contribution in [0.15, 0.2) is 52.6 Å². The number of carbonyl (C=O) groups excluding carboxylic acids is 2. The predicted octanol–water partition coefficient (Wildman–Crippen LogP) is 4.12. The molecule has 0 bridgehead atoms. The van der Waals surface area contributed by atoms with Gasteiger partial charge in [0.1, 0.15) is 16.2 Å². The smallest absolute Gasteiger partial charge is 0.337 e. The van der Waals surface area contributed by atoms with Gasteiger partial charge in [0.15, 0.2) is 0 Å². The van der Waals surface area contributed by atoms with Gasteiger partial charge < -0.3 is 10.1 Å². The van der Waals surface area contributed by atoms with E-state index in [-0.39, 0.29) is 5.57 Å². The van der Waals surface area contributed by atoms with E-state index < -0.39 is 17.4 Å². The largest absolute Gasteiger partial charge is 0.465 e. The Bertz CT molecular complexity index is 1000. The molecule has 1 N–H and O–H groups in total. The zero-order chi connectivity index (χ0) is 20.9. The minimum Gasteiger partial charge on any atom is -0.465 e. The number of rotatable bonds is 5. The van der Waals surface area contributed by atoms with E-state index in [0.717, 1.165) is 31.2 Å². The van der Waals surface area contributed by atoms with Crippen LogP contribution in [0.5, 0.6) is 0 Å². The van der Waals surface area contributed by atoms with E-state index in [1.54, 1.807) is 36.4 Å². The number of nitriles is 1. The first kappa shape index (κ1) is 20.7. The summed E-state index contributed by atoms with van der Waals surface area (Å²) in [4.78, 5) is 29.1. The highest BCUT2D eigenvalue weighted by Crippen LogP contribution is 2.39. The van der Waals surface area contributed by atoms with Gasteiger partial charge in [0.05, 0.1) is 23.9 Å². The lowest BCUT2D eigenvalue weighted by molar-refractivity contribution is -0.119. The summed E-state index contributed by atoms with van der Waals surface area (Å²) in [7, 11) is 1.34. The highest BCUT2D eigenvalue weighted by molar-refractivity contribution is 9.10. The molecule has 0 spiro atoms. The summed E-state index contributed by atoms with van der Waals surface area (Å²) in [5.74, 6) is -0.885. The van der Waals surface area contributed by atoms with E-state index in [2.05, 4.69) is 26.2 Å². The number of nitrogens with zero attached hydrogens (tertiary/aromatic N) is 2. The minimum absolute atomic E-state index is 0.0222. The molecular formula is C22H20BrN3O3. The van der Waals surface area contributed by atoms with Gasteiger partial charge in [0, 0.05) is 0 Å². The number of benzene rings is 1. The Morgan fingerprint density at radius 1 is 1.24 bits per heavy atom. The Hall–Kier alpha value is -2.98. The van der Waals surface area contributed by atoms with Gasteiger partial charge >= 0.3 is 5.97 Å². The number of pyridine rings is 1. The lowest BCUT2D eigenvalue weighted by Crippen LogP contribution is -2.44. The minimum atomic E-state index is -0.623. The lowest BCUT2D eigenvalue weighted by atomic mass is 9.86. The summed E-state index contributed by atoms with van der Waals surface area (Å²) in [6.07, 6.45) is 4.82. The molecule has 1 heterocycles. The molecule has 0 aliphatic heterocycles. The van der Waals surface area contributed by atoms with E-state index in [1.807, 2.05) is 12.1 Å². The molecule has 148 valence electrons. The van der Waals surface area contributed by atoms with Crippen molar-refractivity contribution in [3.05, 3.63) is 69.5 Å². The quantitative estimate of drug-likeness (QED) is 0.318. The van der Waals surface area contributed by atoms with Crippen molar-refractivity contribution in [1.82, 2.24) is 10.3 Å². The van der Waals surface area contributed by atoms with Crippen molar-refractivity contribution < 1.29 is 14.3 Å². The number of esters is 1. The molecule has 6 nitrogen and oxygen atoms in total. The van der Waals surface area contributed by atoms with Gasteiger partial charge in [-0.2, -0.15) is 5.26 Å². The third kappa shape index (κ3) is 4.72. The molecule has 1 aromatic carbocycles. The number of nitrogens with one attached hydrogen (secondary N) is 1. The van der Waals surface area contributed by atoms with Gasteiger partial charge in [-0.15, -0.1) is 0 Å². The molecule has 0 radical (unpaired) electrons. The summed E-state index contributed by atoms with van der Waals surface area (Å²) in [6.45, 7) is 0. The molecule has 3 rings (SSSR count). The number of hydrogen-bond acceptors (Lipinski definition) is 5. The Morgan fingerprint density at radius 2 is 1.97 bits per heavy atom. The van der Waals surface area contributed by atoms with Gasteiger partial charge in [-0.1, -0.05) is 31.0 Å². The Morgan fingerprint density at radius 3 is 2.62 bits per heavy atom. The highest BCUT2D eigenvalue weighted by Gasteiger charge is 2.38. The number of ether oxygens (including phenoxy) is 1. The number of halogens is 1. The van der Waals surface area contributed by atoms with Crippen molar-refractivity contribution in [3.8, 4) is 6.07 Å². The number of aromatic nitrogens is 1. The Balaban J connectivity index is 1.91. The number of hydrogen-bond donors (Lipinski definition) is 1. The molecule has 1 aliphatic rings. The summed E-state index contributed by atoms with van der Waals surface area (Å²) in [6, 6.07) is 14.4. The van der Waals surface area contributed by atoms with Gasteiger partial charge in [0.2, 0.25) is 0 Å². The second-order valence-corrected chi connectivity index (χ2v) is 7.68. The molecule has 1 aromatic heterocycles. The first-order valence-corrected chi connectivity index (χ1v) is 10.0. The first-order chi connectivity index (χ1) is 14.0. The van der Waals surface area contributed by atoms with Crippen LogP contribution < -0.4 is 5.32 Å². The van der Waals surface area contributed by atoms with Crippen molar-refractivity contribution in [3.63, 3.8) is 0 Å². The van der Waals surface area contributed by atoms with Crippen LogP contribution in [0, 0.1) is 11.3 Å². The lowest BCUT2D eigenvalue weighted by Gasteiger charge is -2.31. The van der Waals surface area contributed by atoms with E-state index in [1.165, 1.54) is 13.2 Å². The molecule has 2 aromatic rings. The standard InChI is InChI=1S/C22H20BrN3O3/c1-29-21(28)15-6-4-7-17(12-15)22(10-2-3-11-22)26-20(27)16(14-24)13-18-8-5-9-19(23)25-18/h4-9,12-13H,2-3,10-11H2,1H3,(H,26,27)/b16-13+. The maximum absolute atomic E-state index is 12.9. The van der Waals surface area contributed by atoms with Gasteiger partial charge in [0.25, 0.3) is 5.91 Å². The average molecular weight is 454 g/mol. The number of amides is 1. The van der Waals surface area contributed by atoms with Crippen LogP contribution in [-0.4, -0.2) is 24.0 Å². The van der Waals surface area contributed by atoms with Crippen LogP contribution in [0.1, 0.15) is 47.3 Å². The third-order valence-electron chi connectivity index (χ3n) is 5.04. The van der Waals surface area contributed by atoms with Crippen LogP contribution in [0.2, 0.25) is 0 Å². The summed E-state index contributed by atoms with van der Waals surface area (Å²) < 4.78 is 5.43. The summed E-state index contributed by atoms with van der Waals surface area (Å²) in [5.41, 5.74) is 1.14. The maximum atomic E-state index is 12.9. The zero-order valence-electron chi connectivity index (χ0n) is 15.9. The first-order valence-electron chi connectivity index (χ1n) is 9.23. The molecular weight excluding hydrogens is 434 g/mol. The van der Waals surface area contributed by atoms with Crippen LogP contribution in [0.25, 0.3) is 6.08 Å². The molecule has 0 unspecified atom stereocenters. The normalized spacial score (nSPS) is 15.4. The number of methoxy groups -OCH3 is 1. The molecule has 0 atom stereocenters. The van der Waals surface area contributed by atoms with Crippen LogP contribution >= 0.6 is 15.9 Å². The van der Waals surface area contributed by atoms with E-state index in [0.29, 0.717) is 15.9 Å². The third-order valence-corrected chi connectivity index (χ3v) is 5.48. The van der Waals surface area contributed by atoms with Gasteiger partial charge in [-0.3, -0.25) is 4.79 Å². The predicted molar refractivity (Wildman–Crippen MR) is 112 cm³/mol. The fourth-order valence-electron chi connectivity index (χ4n) is 3.61. The molecule has 7 heteroatoms. The van der Waals surface area contributed by atoms with Gasteiger partial charge in [-0.05, 0) is 64.7 Å². The zero-order valence-corrected chi connectivity index (χ0v) is 17.5. The fourth-order valence-corrected chi connectivity index (χ4v) is 3.97. The monoisotopic (exact) mass is 453 g/mol. The van der Waals surface area contributed by atoms with E-state index in [9.17, 15) is 14.9 Å².